The Kier molecular flexibility index (Phi) is 8.03. The SMILES string of the molecule is COc1ccc(/C=C(\NC(=O)c2cccc(Br)c2)C(=O)NCCCO)cc1. The molecule has 2 aromatic carbocycles. The van der Waals surface area contributed by atoms with Gasteiger partial charge in [-0.25, -0.2) is 0 Å². The number of carbonyl (C=O) groups excluding carboxylic acids is 2. The number of methoxy groups -OCH3 is 1. The number of halogens is 1. The highest BCUT2D eigenvalue weighted by atomic mass is 79.9. The lowest BCUT2D eigenvalue weighted by Gasteiger charge is -2.11. The lowest BCUT2D eigenvalue weighted by atomic mass is 10.1. The number of nitrogens with one attached hydrogen (secondary N) is 2. The average molecular weight is 433 g/mol. The van der Waals surface area contributed by atoms with E-state index in [2.05, 4.69) is 26.6 Å². The number of aliphatic hydroxyl groups is 1. The third-order valence-electron chi connectivity index (χ3n) is 3.63. The van der Waals surface area contributed by atoms with Crippen molar-refractivity contribution in [3.05, 3.63) is 69.8 Å². The fourth-order valence-corrected chi connectivity index (χ4v) is 2.62. The number of aliphatic hydroxyl groups excluding tert-OH is 1. The number of carbonyl (C=O) groups is 2. The zero-order chi connectivity index (χ0) is 19.6. The molecule has 0 bridgehead atoms. The van der Waals surface area contributed by atoms with Gasteiger partial charge in [0.15, 0.2) is 0 Å². The van der Waals surface area contributed by atoms with Crippen molar-refractivity contribution in [3.63, 3.8) is 0 Å². The highest BCUT2D eigenvalue weighted by Gasteiger charge is 2.14. The van der Waals surface area contributed by atoms with Crippen molar-refractivity contribution < 1.29 is 19.4 Å². The molecule has 0 spiro atoms. The van der Waals surface area contributed by atoms with Crippen LogP contribution in [0, 0.1) is 0 Å². The molecule has 0 aliphatic rings. The van der Waals surface area contributed by atoms with E-state index in [0.29, 0.717) is 24.3 Å². The third-order valence-corrected chi connectivity index (χ3v) is 4.12. The van der Waals surface area contributed by atoms with E-state index in [9.17, 15) is 9.59 Å². The Hall–Kier alpha value is -2.64. The predicted octanol–water partition coefficient (Wildman–Crippen LogP) is 2.73. The minimum atomic E-state index is -0.428. The summed E-state index contributed by atoms with van der Waals surface area (Å²) in [6.45, 7) is 0.282. The lowest BCUT2D eigenvalue weighted by Crippen LogP contribution is -2.35. The van der Waals surface area contributed by atoms with Gasteiger partial charge >= 0.3 is 0 Å². The molecule has 0 heterocycles. The van der Waals surface area contributed by atoms with E-state index < -0.39 is 11.8 Å². The van der Waals surface area contributed by atoms with Crippen LogP contribution < -0.4 is 15.4 Å². The van der Waals surface area contributed by atoms with Gasteiger partial charge in [-0.05, 0) is 48.4 Å². The first-order chi connectivity index (χ1) is 13.0. The molecule has 7 heteroatoms. The molecule has 6 nitrogen and oxygen atoms in total. The van der Waals surface area contributed by atoms with Gasteiger partial charge in [0, 0.05) is 23.2 Å². The normalized spacial score (nSPS) is 11.0. The third kappa shape index (κ3) is 6.54. The molecule has 0 unspecified atom stereocenters. The molecule has 2 amide bonds. The first kappa shape index (κ1) is 20.7. The molecule has 3 N–H and O–H groups in total. The van der Waals surface area contributed by atoms with E-state index >= 15 is 0 Å². The van der Waals surface area contributed by atoms with Gasteiger partial charge in [0.2, 0.25) is 0 Å². The summed E-state index contributed by atoms with van der Waals surface area (Å²) in [6, 6.07) is 14.0. The molecule has 0 atom stereocenters. The molecule has 0 aliphatic carbocycles. The molecule has 27 heavy (non-hydrogen) atoms. The summed E-state index contributed by atoms with van der Waals surface area (Å²) in [5.74, 6) is -0.129. The highest BCUT2D eigenvalue weighted by molar-refractivity contribution is 9.10. The van der Waals surface area contributed by atoms with Gasteiger partial charge in [0.25, 0.3) is 11.8 Å². The summed E-state index contributed by atoms with van der Waals surface area (Å²) >= 11 is 3.33. The summed E-state index contributed by atoms with van der Waals surface area (Å²) in [7, 11) is 1.57. The second-order valence-corrected chi connectivity index (χ2v) is 6.54. The fourth-order valence-electron chi connectivity index (χ4n) is 2.23. The maximum atomic E-state index is 12.5. The average Bonchev–Trinajstić information content (AvgIpc) is 2.68. The number of ether oxygens (including phenoxy) is 1. The van der Waals surface area contributed by atoms with Crippen LogP contribution in [0.15, 0.2) is 58.7 Å². The summed E-state index contributed by atoms with van der Waals surface area (Å²) in [5, 5.41) is 14.2. The Morgan fingerprint density at radius 1 is 1.19 bits per heavy atom. The molecule has 0 aromatic heterocycles. The van der Waals surface area contributed by atoms with Gasteiger partial charge in [0.1, 0.15) is 11.4 Å². The molecule has 0 fully saturated rings. The number of benzene rings is 2. The first-order valence-electron chi connectivity index (χ1n) is 8.35. The molecule has 0 saturated heterocycles. The van der Waals surface area contributed by atoms with Crippen LogP contribution in [0.1, 0.15) is 22.3 Å². The topological polar surface area (TPSA) is 87.7 Å². The van der Waals surface area contributed by atoms with Crippen LogP contribution in [-0.2, 0) is 4.79 Å². The van der Waals surface area contributed by atoms with Crippen LogP contribution in [0.3, 0.4) is 0 Å². The second-order valence-electron chi connectivity index (χ2n) is 5.63. The minimum Gasteiger partial charge on any atom is -0.497 e. The van der Waals surface area contributed by atoms with E-state index in [1.54, 1.807) is 55.7 Å². The fraction of sp³-hybridized carbons (Fsp3) is 0.200. The number of hydrogen-bond acceptors (Lipinski definition) is 4. The number of hydrogen-bond donors (Lipinski definition) is 3. The van der Waals surface area contributed by atoms with E-state index in [1.165, 1.54) is 0 Å². The highest BCUT2D eigenvalue weighted by Crippen LogP contribution is 2.15. The Bertz CT molecular complexity index is 819. The van der Waals surface area contributed by atoms with Crippen LogP contribution in [0.5, 0.6) is 5.75 Å². The van der Waals surface area contributed by atoms with Crippen LogP contribution in [-0.4, -0.2) is 37.2 Å². The van der Waals surface area contributed by atoms with Crippen molar-refractivity contribution in [1.82, 2.24) is 10.6 Å². The van der Waals surface area contributed by atoms with Gasteiger partial charge in [-0.2, -0.15) is 0 Å². The lowest BCUT2D eigenvalue weighted by molar-refractivity contribution is -0.117. The Labute approximate surface area is 166 Å². The summed E-state index contributed by atoms with van der Waals surface area (Å²) < 4.78 is 5.89. The van der Waals surface area contributed by atoms with Crippen molar-refractivity contribution in [1.29, 1.82) is 0 Å². The molecule has 0 radical (unpaired) electrons. The second kappa shape index (κ2) is 10.5. The zero-order valence-corrected chi connectivity index (χ0v) is 16.5. The summed E-state index contributed by atoms with van der Waals surface area (Å²) in [6.07, 6.45) is 2.02. The predicted molar refractivity (Wildman–Crippen MR) is 107 cm³/mol. The number of amides is 2. The minimum absolute atomic E-state index is 0.0256. The zero-order valence-electron chi connectivity index (χ0n) is 14.9. The van der Waals surface area contributed by atoms with Gasteiger partial charge < -0.3 is 20.5 Å². The van der Waals surface area contributed by atoms with Crippen molar-refractivity contribution in [3.8, 4) is 5.75 Å². The molecule has 2 rings (SSSR count). The molecule has 142 valence electrons. The maximum Gasteiger partial charge on any atom is 0.267 e. The smallest absolute Gasteiger partial charge is 0.267 e. The van der Waals surface area contributed by atoms with E-state index in [0.717, 1.165) is 10.0 Å². The van der Waals surface area contributed by atoms with Gasteiger partial charge in [-0.3, -0.25) is 9.59 Å². The largest absolute Gasteiger partial charge is 0.497 e. The Morgan fingerprint density at radius 3 is 2.56 bits per heavy atom. The van der Waals surface area contributed by atoms with E-state index in [4.69, 9.17) is 9.84 Å². The van der Waals surface area contributed by atoms with Crippen molar-refractivity contribution >= 4 is 33.8 Å². The van der Waals surface area contributed by atoms with Crippen molar-refractivity contribution in [2.75, 3.05) is 20.3 Å². The van der Waals surface area contributed by atoms with Crippen LogP contribution in [0.4, 0.5) is 0 Å². The Morgan fingerprint density at radius 2 is 1.93 bits per heavy atom. The van der Waals surface area contributed by atoms with Crippen LogP contribution in [0.25, 0.3) is 6.08 Å². The molecular formula is C20H21BrN2O4. The summed E-state index contributed by atoms with van der Waals surface area (Å²) in [5.41, 5.74) is 1.27. The Balaban J connectivity index is 2.23. The molecule has 0 saturated carbocycles. The van der Waals surface area contributed by atoms with Gasteiger partial charge in [-0.1, -0.05) is 34.1 Å². The van der Waals surface area contributed by atoms with Crippen molar-refractivity contribution in [2.24, 2.45) is 0 Å². The van der Waals surface area contributed by atoms with Crippen LogP contribution >= 0.6 is 15.9 Å². The molecule has 2 aromatic rings. The number of rotatable bonds is 8. The first-order valence-corrected chi connectivity index (χ1v) is 9.14. The monoisotopic (exact) mass is 432 g/mol. The van der Waals surface area contributed by atoms with E-state index in [-0.39, 0.29) is 12.3 Å². The summed E-state index contributed by atoms with van der Waals surface area (Å²) in [4.78, 5) is 25.0. The van der Waals surface area contributed by atoms with Gasteiger partial charge in [0.05, 0.1) is 7.11 Å². The van der Waals surface area contributed by atoms with E-state index in [1.807, 2.05) is 6.07 Å². The van der Waals surface area contributed by atoms with Crippen molar-refractivity contribution in [2.45, 2.75) is 6.42 Å². The maximum absolute atomic E-state index is 12.5. The van der Waals surface area contributed by atoms with Crippen LogP contribution in [0.2, 0.25) is 0 Å². The molecular weight excluding hydrogens is 412 g/mol. The molecule has 0 aliphatic heterocycles. The van der Waals surface area contributed by atoms with Gasteiger partial charge in [-0.15, -0.1) is 0 Å². The quantitative estimate of drug-likeness (QED) is 0.442. The standard InChI is InChI=1S/C20H21BrN2O4/c1-27-17-8-6-14(7-9-17)12-18(20(26)22-10-3-11-24)23-19(25)15-4-2-5-16(21)13-15/h2,4-9,12-13,24H,3,10-11H2,1H3,(H,22,26)(H,23,25)/b18-12-.